The highest BCUT2D eigenvalue weighted by atomic mass is 32.1. The summed E-state index contributed by atoms with van der Waals surface area (Å²) in [5.74, 6) is 0. The molecule has 0 N–H and O–H groups in total. The number of fused-ring (bicyclic) bond motifs is 7. The molecule has 0 aliphatic carbocycles. The van der Waals surface area contributed by atoms with Crippen LogP contribution in [0.15, 0.2) is 170 Å². The Morgan fingerprint density at radius 2 is 0.816 bits per heavy atom. The van der Waals surface area contributed by atoms with E-state index in [2.05, 4.69) is 194 Å². The van der Waals surface area contributed by atoms with Crippen molar-refractivity contribution in [3.63, 3.8) is 0 Å². The summed E-state index contributed by atoms with van der Waals surface area (Å²) in [6, 6.07) is 61.8. The number of hydrogen-bond acceptors (Lipinski definition) is 3. The molecule has 0 saturated heterocycles. The minimum absolute atomic E-state index is 1.14. The Kier molecular flexibility index (Phi) is 7.14. The monoisotopic (exact) mass is 646 g/mol. The average Bonchev–Trinajstić information content (AvgIpc) is 3.52. The van der Waals surface area contributed by atoms with E-state index in [0.29, 0.717) is 0 Å². The molecule has 0 saturated carbocycles. The van der Waals surface area contributed by atoms with Crippen molar-refractivity contribution in [2.45, 2.75) is 13.8 Å². The van der Waals surface area contributed by atoms with Crippen molar-refractivity contribution >= 4 is 87.2 Å². The number of thiophene rings is 1. The van der Waals surface area contributed by atoms with E-state index in [1.54, 1.807) is 0 Å². The molecule has 0 amide bonds. The van der Waals surface area contributed by atoms with Crippen LogP contribution in [0.2, 0.25) is 0 Å². The third-order valence-corrected chi connectivity index (χ3v) is 10.7. The molecule has 0 aliphatic heterocycles. The zero-order valence-corrected chi connectivity index (χ0v) is 28.3. The van der Waals surface area contributed by atoms with Crippen LogP contribution in [0.25, 0.3) is 41.7 Å². The van der Waals surface area contributed by atoms with Gasteiger partial charge in [0, 0.05) is 59.1 Å². The minimum Gasteiger partial charge on any atom is -0.310 e. The second kappa shape index (κ2) is 12.0. The molecule has 9 aromatic rings. The molecule has 49 heavy (non-hydrogen) atoms. The molecule has 1 heterocycles. The second-order valence-corrected chi connectivity index (χ2v) is 13.8. The molecule has 0 bridgehead atoms. The van der Waals surface area contributed by atoms with E-state index in [-0.39, 0.29) is 0 Å². The summed E-state index contributed by atoms with van der Waals surface area (Å²) >= 11 is 1.90. The number of hydrogen-bond donors (Lipinski definition) is 0. The van der Waals surface area contributed by atoms with Crippen LogP contribution in [0.5, 0.6) is 0 Å². The molecule has 0 fully saturated rings. The van der Waals surface area contributed by atoms with E-state index in [0.717, 1.165) is 22.7 Å². The number of aryl methyl sites for hydroxylation is 2. The molecule has 0 atom stereocenters. The standard InChI is InChI=1S/C46H34N2S/c1-31-15-13-21-35(27-31)47(33-17-5-3-6-18-33)42-29-41-45-39-25-11-9-23-37(39)43(30-44(45)49-46(41)40-26-12-10-24-38(40)42)48(34-19-7-4-8-20-34)36-22-14-16-32(2)28-36/h3-30H,1-2H3. The zero-order valence-electron chi connectivity index (χ0n) is 27.5. The van der Waals surface area contributed by atoms with Crippen molar-refractivity contribution in [3.05, 3.63) is 181 Å². The Morgan fingerprint density at radius 3 is 1.37 bits per heavy atom. The summed E-state index contributed by atoms with van der Waals surface area (Å²) in [5.41, 5.74) is 9.42. The van der Waals surface area contributed by atoms with Gasteiger partial charge in [-0.15, -0.1) is 11.3 Å². The number of nitrogens with zero attached hydrogens (tertiary/aromatic N) is 2. The maximum Gasteiger partial charge on any atom is 0.0554 e. The highest BCUT2D eigenvalue weighted by molar-refractivity contribution is 7.27. The Labute approximate surface area is 290 Å². The predicted molar refractivity (Wildman–Crippen MR) is 213 cm³/mol. The summed E-state index contributed by atoms with van der Waals surface area (Å²) in [5, 5.41) is 7.59. The van der Waals surface area contributed by atoms with Gasteiger partial charge in [-0.1, -0.05) is 109 Å². The smallest absolute Gasteiger partial charge is 0.0554 e. The van der Waals surface area contributed by atoms with Crippen LogP contribution >= 0.6 is 11.3 Å². The van der Waals surface area contributed by atoms with Crippen molar-refractivity contribution in [1.29, 1.82) is 0 Å². The fourth-order valence-electron chi connectivity index (χ4n) is 7.34. The third kappa shape index (κ3) is 5.02. The van der Waals surface area contributed by atoms with E-state index in [4.69, 9.17) is 0 Å². The van der Waals surface area contributed by atoms with Crippen molar-refractivity contribution < 1.29 is 0 Å². The SMILES string of the molecule is Cc1cccc(N(c2ccccc2)c2cc3c(sc4cc(N(c5ccccc5)c5cccc(C)c5)c5ccccc5c43)c3ccccc23)c1. The Balaban J connectivity index is 1.38. The van der Waals surface area contributed by atoms with E-state index in [1.807, 2.05) is 11.3 Å². The highest BCUT2D eigenvalue weighted by Gasteiger charge is 2.23. The van der Waals surface area contributed by atoms with Gasteiger partial charge in [-0.2, -0.15) is 0 Å². The molecule has 0 radical (unpaired) electrons. The van der Waals surface area contributed by atoms with Gasteiger partial charge < -0.3 is 9.80 Å². The van der Waals surface area contributed by atoms with Crippen LogP contribution in [0, 0.1) is 13.8 Å². The lowest BCUT2D eigenvalue weighted by atomic mass is 9.98. The average molecular weight is 647 g/mol. The first-order valence-electron chi connectivity index (χ1n) is 16.8. The Hall–Kier alpha value is -5.90. The molecule has 0 spiro atoms. The van der Waals surface area contributed by atoms with Gasteiger partial charge >= 0.3 is 0 Å². The van der Waals surface area contributed by atoms with Crippen LogP contribution in [0.1, 0.15) is 11.1 Å². The molecular formula is C46H34N2S. The predicted octanol–water partition coefficient (Wildman–Crippen LogP) is 13.9. The Morgan fingerprint density at radius 1 is 0.367 bits per heavy atom. The topological polar surface area (TPSA) is 6.48 Å². The molecule has 1 aromatic heterocycles. The molecule has 234 valence electrons. The van der Waals surface area contributed by atoms with Crippen LogP contribution in [0.4, 0.5) is 34.1 Å². The van der Waals surface area contributed by atoms with E-state index in [1.165, 1.54) is 64.2 Å². The largest absolute Gasteiger partial charge is 0.310 e. The first-order valence-corrected chi connectivity index (χ1v) is 17.6. The van der Waals surface area contributed by atoms with Gasteiger partial charge in [0.05, 0.1) is 11.4 Å². The molecule has 2 nitrogen and oxygen atoms in total. The van der Waals surface area contributed by atoms with E-state index in [9.17, 15) is 0 Å². The second-order valence-electron chi connectivity index (χ2n) is 12.8. The maximum absolute atomic E-state index is 2.44. The van der Waals surface area contributed by atoms with Crippen LogP contribution in [0.3, 0.4) is 0 Å². The molecular weight excluding hydrogens is 613 g/mol. The number of benzene rings is 8. The first kappa shape index (κ1) is 29.3. The van der Waals surface area contributed by atoms with Gasteiger partial charge in [0.2, 0.25) is 0 Å². The molecule has 0 aliphatic rings. The summed E-state index contributed by atoms with van der Waals surface area (Å²) in [6.07, 6.45) is 0. The van der Waals surface area contributed by atoms with Gasteiger partial charge in [-0.05, 0) is 91.0 Å². The van der Waals surface area contributed by atoms with E-state index >= 15 is 0 Å². The number of rotatable bonds is 6. The first-order chi connectivity index (χ1) is 24.1. The summed E-state index contributed by atoms with van der Waals surface area (Å²) in [7, 11) is 0. The number of para-hydroxylation sites is 2. The zero-order chi connectivity index (χ0) is 32.9. The third-order valence-electron chi connectivity index (χ3n) is 9.47. The Bertz CT molecular complexity index is 2640. The van der Waals surface area contributed by atoms with Crippen LogP contribution in [-0.2, 0) is 0 Å². The summed E-state index contributed by atoms with van der Waals surface area (Å²) < 4.78 is 2.59. The van der Waals surface area contributed by atoms with Gasteiger partial charge in [0.15, 0.2) is 0 Å². The lowest BCUT2D eigenvalue weighted by molar-refractivity contribution is 1.29. The van der Waals surface area contributed by atoms with Crippen molar-refractivity contribution in [2.24, 2.45) is 0 Å². The van der Waals surface area contributed by atoms with Crippen molar-refractivity contribution in [1.82, 2.24) is 0 Å². The normalized spacial score (nSPS) is 11.5. The lowest BCUT2D eigenvalue weighted by Gasteiger charge is -2.28. The van der Waals surface area contributed by atoms with E-state index < -0.39 is 0 Å². The minimum atomic E-state index is 1.14. The van der Waals surface area contributed by atoms with Gasteiger partial charge in [0.1, 0.15) is 0 Å². The fourth-order valence-corrected chi connectivity index (χ4v) is 8.61. The fraction of sp³-hybridized carbons (Fsp3) is 0.0435. The molecule has 0 unspecified atom stereocenters. The molecule has 9 rings (SSSR count). The quantitative estimate of drug-likeness (QED) is 0.177. The van der Waals surface area contributed by atoms with Gasteiger partial charge in [0.25, 0.3) is 0 Å². The van der Waals surface area contributed by atoms with Crippen molar-refractivity contribution in [2.75, 3.05) is 9.80 Å². The molecule has 3 heteroatoms. The van der Waals surface area contributed by atoms with Gasteiger partial charge in [-0.3, -0.25) is 0 Å². The summed E-state index contributed by atoms with van der Waals surface area (Å²) in [4.78, 5) is 4.83. The summed E-state index contributed by atoms with van der Waals surface area (Å²) in [6.45, 7) is 4.33. The van der Waals surface area contributed by atoms with Crippen molar-refractivity contribution in [3.8, 4) is 0 Å². The van der Waals surface area contributed by atoms with Gasteiger partial charge in [-0.25, -0.2) is 0 Å². The lowest BCUT2D eigenvalue weighted by Crippen LogP contribution is -2.10. The molecule has 8 aromatic carbocycles. The maximum atomic E-state index is 2.44. The number of anilines is 6. The van der Waals surface area contributed by atoms with Crippen LogP contribution < -0.4 is 9.80 Å². The highest BCUT2D eigenvalue weighted by Crippen LogP contribution is 2.50. The van der Waals surface area contributed by atoms with Crippen LogP contribution in [-0.4, -0.2) is 0 Å².